The summed E-state index contributed by atoms with van der Waals surface area (Å²) in [5.74, 6) is 0.905. The predicted molar refractivity (Wildman–Crippen MR) is 60.2 cm³/mol. The van der Waals surface area contributed by atoms with Crippen LogP contribution in [0.2, 0.25) is 0 Å². The summed E-state index contributed by atoms with van der Waals surface area (Å²) >= 11 is 0. The van der Waals surface area contributed by atoms with E-state index in [9.17, 15) is 5.11 Å². The van der Waals surface area contributed by atoms with Crippen molar-refractivity contribution in [3.8, 4) is 0 Å². The highest BCUT2D eigenvalue weighted by Gasteiger charge is 2.37. The van der Waals surface area contributed by atoms with Gasteiger partial charge in [0.1, 0.15) is 5.76 Å². The minimum atomic E-state index is -0.851. The molecule has 5 heteroatoms. The van der Waals surface area contributed by atoms with Gasteiger partial charge in [-0.05, 0) is 18.9 Å². The molecule has 1 atom stereocenters. The number of aromatic nitrogens is 3. The molecule has 0 spiro atoms. The van der Waals surface area contributed by atoms with Crippen molar-refractivity contribution < 1.29 is 9.52 Å². The summed E-state index contributed by atoms with van der Waals surface area (Å²) in [6, 6.07) is 1.87. The molecule has 0 radical (unpaired) electrons. The molecule has 2 aromatic rings. The zero-order valence-electron chi connectivity index (χ0n) is 9.76. The van der Waals surface area contributed by atoms with Crippen LogP contribution in [0.25, 0.3) is 0 Å². The second kappa shape index (κ2) is 3.70. The summed E-state index contributed by atoms with van der Waals surface area (Å²) < 4.78 is 7.04. The van der Waals surface area contributed by atoms with Crippen LogP contribution in [0.3, 0.4) is 0 Å². The zero-order valence-corrected chi connectivity index (χ0v) is 9.76. The van der Waals surface area contributed by atoms with E-state index in [1.165, 1.54) is 0 Å². The second-order valence-electron chi connectivity index (χ2n) is 4.70. The third kappa shape index (κ3) is 1.76. The topological polar surface area (TPSA) is 64.1 Å². The lowest BCUT2D eigenvalue weighted by molar-refractivity contribution is 0.0159. The first-order chi connectivity index (χ1) is 8.17. The monoisotopic (exact) mass is 233 g/mol. The normalized spacial score (nSPS) is 23.6. The highest BCUT2D eigenvalue weighted by molar-refractivity contribution is 5.29. The molecule has 0 aromatic carbocycles. The van der Waals surface area contributed by atoms with Gasteiger partial charge in [0.15, 0.2) is 0 Å². The smallest absolute Gasteiger partial charge is 0.109 e. The van der Waals surface area contributed by atoms with Crippen LogP contribution >= 0.6 is 0 Å². The Labute approximate surface area is 99.1 Å². The van der Waals surface area contributed by atoms with Crippen molar-refractivity contribution in [1.29, 1.82) is 0 Å². The molecule has 17 heavy (non-hydrogen) atoms. The summed E-state index contributed by atoms with van der Waals surface area (Å²) in [4.78, 5) is 0. The molecule has 1 aliphatic rings. The van der Waals surface area contributed by atoms with Crippen molar-refractivity contribution in [3.05, 3.63) is 35.5 Å². The molecule has 1 aliphatic carbocycles. The molecule has 0 aliphatic heterocycles. The fourth-order valence-corrected chi connectivity index (χ4v) is 2.58. The number of nitrogens with zero attached hydrogens (tertiary/aromatic N) is 3. The van der Waals surface area contributed by atoms with Gasteiger partial charge in [0.05, 0.1) is 17.6 Å². The largest absolute Gasteiger partial charge is 0.469 e. The molecule has 3 rings (SSSR count). The molecule has 0 amide bonds. The SMILES string of the molecule is Cn1cc(CC2(O)CCCc3occc32)nn1. The Morgan fingerprint density at radius 2 is 2.47 bits per heavy atom. The van der Waals surface area contributed by atoms with Crippen molar-refractivity contribution in [3.63, 3.8) is 0 Å². The van der Waals surface area contributed by atoms with Gasteiger partial charge in [-0.1, -0.05) is 5.21 Å². The maximum atomic E-state index is 10.7. The van der Waals surface area contributed by atoms with E-state index in [0.717, 1.165) is 36.3 Å². The first-order valence-electron chi connectivity index (χ1n) is 5.82. The third-order valence-electron chi connectivity index (χ3n) is 3.36. The van der Waals surface area contributed by atoms with Crippen molar-refractivity contribution in [2.45, 2.75) is 31.3 Å². The number of hydrogen-bond donors (Lipinski definition) is 1. The van der Waals surface area contributed by atoms with Gasteiger partial charge in [-0.3, -0.25) is 4.68 Å². The van der Waals surface area contributed by atoms with E-state index in [-0.39, 0.29) is 0 Å². The molecule has 0 bridgehead atoms. The lowest BCUT2D eigenvalue weighted by Crippen LogP contribution is -2.32. The maximum Gasteiger partial charge on any atom is 0.109 e. The molecule has 90 valence electrons. The van der Waals surface area contributed by atoms with Crippen LogP contribution in [0, 0.1) is 0 Å². The van der Waals surface area contributed by atoms with Crippen molar-refractivity contribution in [2.75, 3.05) is 0 Å². The summed E-state index contributed by atoms with van der Waals surface area (Å²) in [7, 11) is 1.82. The Hall–Kier alpha value is -1.62. The van der Waals surface area contributed by atoms with Crippen molar-refractivity contribution in [1.82, 2.24) is 15.0 Å². The molecular weight excluding hydrogens is 218 g/mol. The average Bonchev–Trinajstić information content (AvgIpc) is 2.88. The Bertz CT molecular complexity index is 531. The second-order valence-corrected chi connectivity index (χ2v) is 4.70. The van der Waals surface area contributed by atoms with Crippen LogP contribution in [-0.2, 0) is 25.5 Å². The number of aliphatic hydroxyl groups is 1. The van der Waals surface area contributed by atoms with E-state index >= 15 is 0 Å². The molecular formula is C12H15N3O2. The fraction of sp³-hybridized carbons (Fsp3) is 0.500. The van der Waals surface area contributed by atoms with Crippen LogP contribution in [0.5, 0.6) is 0 Å². The Balaban J connectivity index is 1.92. The lowest BCUT2D eigenvalue weighted by atomic mass is 9.80. The van der Waals surface area contributed by atoms with Gasteiger partial charge in [-0.2, -0.15) is 0 Å². The Kier molecular flexibility index (Phi) is 2.29. The van der Waals surface area contributed by atoms with E-state index in [0.29, 0.717) is 6.42 Å². The van der Waals surface area contributed by atoms with Crippen LogP contribution in [-0.4, -0.2) is 20.1 Å². The van der Waals surface area contributed by atoms with E-state index in [1.54, 1.807) is 10.9 Å². The predicted octanol–water partition coefficient (Wildman–Crippen LogP) is 1.17. The molecule has 0 saturated heterocycles. The highest BCUT2D eigenvalue weighted by atomic mass is 16.3. The van der Waals surface area contributed by atoms with Gasteiger partial charge in [-0.15, -0.1) is 5.10 Å². The average molecular weight is 233 g/mol. The van der Waals surface area contributed by atoms with Gasteiger partial charge in [0.25, 0.3) is 0 Å². The van der Waals surface area contributed by atoms with Gasteiger partial charge in [0.2, 0.25) is 0 Å². The van der Waals surface area contributed by atoms with Crippen LogP contribution in [0.4, 0.5) is 0 Å². The molecule has 0 saturated carbocycles. The van der Waals surface area contributed by atoms with Crippen LogP contribution < -0.4 is 0 Å². The maximum absolute atomic E-state index is 10.7. The minimum Gasteiger partial charge on any atom is -0.469 e. The van der Waals surface area contributed by atoms with Crippen molar-refractivity contribution >= 4 is 0 Å². The number of aryl methyl sites for hydroxylation is 2. The summed E-state index contributed by atoms with van der Waals surface area (Å²) in [5.41, 5.74) is 0.870. The van der Waals surface area contributed by atoms with E-state index in [4.69, 9.17) is 4.42 Å². The minimum absolute atomic E-state index is 0.493. The van der Waals surface area contributed by atoms with Gasteiger partial charge in [0, 0.05) is 31.6 Å². The van der Waals surface area contributed by atoms with Crippen LogP contribution in [0.15, 0.2) is 22.9 Å². The molecule has 2 aromatic heterocycles. The molecule has 5 nitrogen and oxygen atoms in total. The molecule has 1 N–H and O–H groups in total. The van der Waals surface area contributed by atoms with Gasteiger partial charge < -0.3 is 9.52 Å². The highest BCUT2D eigenvalue weighted by Crippen LogP contribution is 2.38. The van der Waals surface area contributed by atoms with Crippen LogP contribution in [0.1, 0.15) is 29.9 Å². The molecule has 1 unspecified atom stereocenters. The van der Waals surface area contributed by atoms with E-state index in [2.05, 4.69) is 10.3 Å². The quantitative estimate of drug-likeness (QED) is 0.845. The standard InChI is InChI=1S/C12H15N3O2/c1-15-8-9(13-14-15)7-12(16)5-2-3-11-10(12)4-6-17-11/h4,6,8,16H,2-3,5,7H2,1H3. The first-order valence-corrected chi connectivity index (χ1v) is 5.82. The summed E-state index contributed by atoms with van der Waals surface area (Å²) in [5, 5.41) is 18.7. The lowest BCUT2D eigenvalue weighted by Gasteiger charge is -2.30. The first kappa shape index (κ1) is 10.5. The van der Waals surface area contributed by atoms with E-state index in [1.807, 2.05) is 19.3 Å². The zero-order chi connectivity index (χ0) is 11.9. The van der Waals surface area contributed by atoms with Crippen molar-refractivity contribution in [2.24, 2.45) is 7.05 Å². The third-order valence-corrected chi connectivity index (χ3v) is 3.36. The van der Waals surface area contributed by atoms with Gasteiger partial charge >= 0.3 is 0 Å². The number of furan rings is 1. The summed E-state index contributed by atoms with van der Waals surface area (Å²) in [6.45, 7) is 0. The summed E-state index contributed by atoms with van der Waals surface area (Å²) in [6.07, 6.45) is 6.58. The number of hydrogen-bond acceptors (Lipinski definition) is 4. The Morgan fingerprint density at radius 1 is 1.59 bits per heavy atom. The van der Waals surface area contributed by atoms with E-state index < -0.39 is 5.60 Å². The van der Waals surface area contributed by atoms with Gasteiger partial charge in [-0.25, -0.2) is 0 Å². The molecule has 0 fully saturated rings. The number of rotatable bonds is 2. The molecule has 2 heterocycles. The fourth-order valence-electron chi connectivity index (χ4n) is 2.58. The Morgan fingerprint density at radius 3 is 3.24 bits per heavy atom. The number of fused-ring (bicyclic) bond motifs is 1.